The van der Waals surface area contributed by atoms with E-state index in [1.54, 1.807) is 6.07 Å². The van der Waals surface area contributed by atoms with Gasteiger partial charge in [-0.05, 0) is 59.1 Å². The second-order valence-corrected chi connectivity index (χ2v) is 8.90. The maximum absolute atomic E-state index is 6.24. The molecule has 0 radical (unpaired) electrons. The first-order chi connectivity index (χ1) is 16.2. The highest BCUT2D eigenvalue weighted by Gasteiger charge is 2.10. The zero-order valence-electron chi connectivity index (χ0n) is 18.1. The van der Waals surface area contributed by atoms with Crippen molar-refractivity contribution in [3.63, 3.8) is 0 Å². The summed E-state index contributed by atoms with van der Waals surface area (Å²) in [6.07, 6.45) is 3.06. The molecule has 0 aliphatic heterocycles. The van der Waals surface area contributed by atoms with E-state index in [4.69, 9.17) is 27.9 Å². The van der Waals surface area contributed by atoms with Gasteiger partial charge in [-0.3, -0.25) is 0 Å². The number of hydrogen-bond acceptors (Lipinski definition) is 2. The Balaban J connectivity index is 1.31. The predicted molar refractivity (Wildman–Crippen MR) is 138 cm³/mol. The van der Waals surface area contributed by atoms with Crippen molar-refractivity contribution in [3.05, 3.63) is 112 Å². The maximum Gasteiger partial charge on any atom is 0.124 e. The van der Waals surface area contributed by atoms with Gasteiger partial charge in [-0.25, -0.2) is 0 Å². The number of ether oxygens (including phenoxy) is 1. The zero-order chi connectivity index (χ0) is 22.6. The van der Waals surface area contributed by atoms with Crippen molar-refractivity contribution in [3.8, 4) is 5.75 Å². The lowest BCUT2D eigenvalue weighted by atomic mass is 10.0. The van der Waals surface area contributed by atoms with Crippen LogP contribution in [0.2, 0.25) is 10.0 Å². The van der Waals surface area contributed by atoms with Gasteiger partial charge in [-0.15, -0.1) is 0 Å². The molecule has 0 bridgehead atoms. The summed E-state index contributed by atoms with van der Waals surface area (Å²) in [6, 6.07) is 26.6. The molecular weight excluding hydrogens is 451 g/mol. The van der Waals surface area contributed by atoms with E-state index in [0.717, 1.165) is 36.4 Å². The van der Waals surface area contributed by atoms with Crippen LogP contribution in [0.15, 0.2) is 85.1 Å². The van der Waals surface area contributed by atoms with Gasteiger partial charge in [0.05, 0.1) is 10.0 Å². The average molecular weight is 475 g/mol. The summed E-state index contributed by atoms with van der Waals surface area (Å²) < 4.78 is 6.24. The van der Waals surface area contributed by atoms with E-state index in [1.165, 1.54) is 27.2 Å². The largest absolute Gasteiger partial charge is 0.489 e. The fourth-order valence-corrected chi connectivity index (χ4v) is 4.52. The van der Waals surface area contributed by atoms with E-state index in [0.29, 0.717) is 16.7 Å². The Kier molecular flexibility index (Phi) is 6.54. The van der Waals surface area contributed by atoms with Gasteiger partial charge >= 0.3 is 0 Å². The molecule has 1 heterocycles. The molecule has 0 unspecified atom stereocenters. The molecule has 5 heteroatoms. The molecule has 0 spiro atoms. The molecule has 0 amide bonds. The van der Waals surface area contributed by atoms with Gasteiger partial charge in [0.1, 0.15) is 12.4 Å². The van der Waals surface area contributed by atoms with Gasteiger partial charge in [-0.2, -0.15) is 0 Å². The predicted octanol–water partition coefficient (Wildman–Crippen LogP) is 7.54. The van der Waals surface area contributed by atoms with Crippen LogP contribution in [0.25, 0.3) is 21.7 Å². The van der Waals surface area contributed by atoms with Crippen molar-refractivity contribution in [1.29, 1.82) is 0 Å². The first-order valence-corrected chi connectivity index (χ1v) is 11.8. The van der Waals surface area contributed by atoms with Gasteiger partial charge in [-0.1, -0.05) is 77.8 Å². The maximum atomic E-state index is 6.24. The summed E-state index contributed by atoms with van der Waals surface area (Å²) in [5.41, 5.74) is 4.65. The lowest BCUT2D eigenvalue weighted by Gasteiger charge is -2.15. The Bertz CT molecular complexity index is 1410. The highest BCUT2D eigenvalue weighted by atomic mass is 35.5. The molecule has 4 aromatic carbocycles. The number of para-hydroxylation sites is 1. The Labute approximate surface area is 203 Å². The first-order valence-electron chi connectivity index (χ1n) is 11.0. The van der Waals surface area contributed by atoms with E-state index in [9.17, 15) is 0 Å². The monoisotopic (exact) mass is 474 g/mol. The SMILES string of the molecule is Clc1ccc(COc2ccc3ccccc3c2CNCCc2c[nH]c3ccccc23)cc1Cl. The van der Waals surface area contributed by atoms with Crippen molar-refractivity contribution in [2.75, 3.05) is 6.54 Å². The molecule has 2 N–H and O–H groups in total. The number of benzene rings is 4. The van der Waals surface area contributed by atoms with E-state index < -0.39 is 0 Å². The average Bonchev–Trinajstić information content (AvgIpc) is 3.26. The Morgan fingerprint density at radius 2 is 1.64 bits per heavy atom. The van der Waals surface area contributed by atoms with Gasteiger partial charge in [0.15, 0.2) is 0 Å². The summed E-state index contributed by atoms with van der Waals surface area (Å²) in [4.78, 5) is 3.35. The Morgan fingerprint density at radius 1 is 0.818 bits per heavy atom. The summed E-state index contributed by atoms with van der Waals surface area (Å²) >= 11 is 12.2. The normalized spacial score (nSPS) is 11.3. The molecule has 0 aliphatic carbocycles. The molecule has 166 valence electrons. The standard InChI is InChI=1S/C28H24Cl2N2O/c29-25-11-9-19(15-26(25)30)18-33-28-12-10-20-5-1-2-6-22(20)24(28)17-31-14-13-21-16-32-27-8-4-3-7-23(21)27/h1-12,15-16,31-32H,13-14,17-18H2. The van der Waals surface area contributed by atoms with Crippen LogP contribution >= 0.6 is 23.2 Å². The molecule has 33 heavy (non-hydrogen) atoms. The minimum atomic E-state index is 0.428. The first kappa shape index (κ1) is 21.8. The number of rotatable bonds is 8. The third-order valence-corrected chi connectivity index (χ3v) is 6.66. The van der Waals surface area contributed by atoms with Gasteiger partial charge < -0.3 is 15.0 Å². The molecule has 0 saturated heterocycles. The van der Waals surface area contributed by atoms with Crippen LogP contribution in [0.5, 0.6) is 5.75 Å². The van der Waals surface area contributed by atoms with Gasteiger partial charge in [0.25, 0.3) is 0 Å². The lowest BCUT2D eigenvalue weighted by Crippen LogP contribution is -2.17. The summed E-state index contributed by atoms with van der Waals surface area (Å²) in [5, 5.41) is 8.39. The number of aromatic amines is 1. The highest BCUT2D eigenvalue weighted by molar-refractivity contribution is 6.42. The van der Waals surface area contributed by atoms with Crippen molar-refractivity contribution in [2.45, 2.75) is 19.6 Å². The van der Waals surface area contributed by atoms with Crippen LogP contribution < -0.4 is 10.1 Å². The van der Waals surface area contributed by atoms with E-state index in [2.05, 4.69) is 77.2 Å². The van der Waals surface area contributed by atoms with Crippen LogP contribution in [0.3, 0.4) is 0 Å². The number of fused-ring (bicyclic) bond motifs is 2. The minimum Gasteiger partial charge on any atom is -0.489 e. The summed E-state index contributed by atoms with van der Waals surface area (Å²) in [5.74, 6) is 0.874. The second kappa shape index (κ2) is 9.88. The molecule has 3 nitrogen and oxygen atoms in total. The molecular formula is C28H24Cl2N2O. The number of hydrogen-bond donors (Lipinski definition) is 2. The molecule has 0 aliphatic rings. The quantitative estimate of drug-likeness (QED) is 0.228. The number of halogens is 2. The molecule has 5 aromatic rings. The Hall–Kier alpha value is -2.98. The van der Waals surface area contributed by atoms with Gasteiger partial charge in [0.2, 0.25) is 0 Å². The number of aromatic nitrogens is 1. The number of H-pyrrole nitrogens is 1. The van der Waals surface area contributed by atoms with Crippen LogP contribution in [0.1, 0.15) is 16.7 Å². The molecule has 0 saturated carbocycles. The van der Waals surface area contributed by atoms with Crippen molar-refractivity contribution in [1.82, 2.24) is 10.3 Å². The minimum absolute atomic E-state index is 0.428. The van der Waals surface area contributed by atoms with Crippen molar-refractivity contribution >= 4 is 44.9 Å². The Morgan fingerprint density at radius 3 is 2.52 bits per heavy atom. The molecule has 1 aromatic heterocycles. The molecule has 5 rings (SSSR count). The third-order valence-electron chi connectivity index (χ3n) is 5.92. The highest BCUT2D eigenvalue weighted by Crippen LogP contribution is 2.30. The van der Waals surface area contributed by atoms with Gasteiger partial charge in [0, 0.05) is 29.2 Å². The van der Waals surface area contributed by atoms with E-state index in [1.807, 2.05) is 12.1 Å². The molecule has 0 fully saturated rings. The fourth-order valence-electron chi connectivity index (χ4n) is 4.20. The molecule has 0 atom stereocenters. The summed E-state index contributed by atoms with van der Waals surface area (Å²) in [7, 11) is 0. The zero-order valence-corrected chi connectivity index (χ0v) is 19.6. The lowest BCUT2D eigenvalue weighted by molar-refractivity contribution is 0.303. The third kappa shape index (κ3) is 4.86. The van der Waals surface area contributed by atoms with Crippen molar-refractivity contribution < 1.29 is 4.74 Å². The van der Waals surface area contributed by atoms with E-state index >= 15 is 0 Å². The van der Waals surface area contributed by atoms with Crippen LogP contribution in [-0.4, -0.2) is 11.5 Å². The van der Waals surface area contributed by atoms with Crippen LogP contribution in [0, 0.1) is 0 Å². The van der Waals surface area contributed by atoms with Crippen LogP contribution in [-0.2, 0) is 19.6 Å². The summed E-state index contributed by atoms with van der Waals surface area (Å²) in [6.45, 7) is 2.02. The van der Waals surface area contributed by atoms with Crippen LogP contribution in [0.4, 0.5) is 0 Å². The topological polar surface area (TPSA) is 37.0 Å². The van der Waals surface area contributed by atoms with Crippen molar-refractivity contribution in [2.24, 2.45) is 0 Å². The number of nitrogens with one attached hydrogen (secondary N) is 2. The second-order valence-electron chi connectivity index (χ2n) is 8.09. The fraction of sp³-hybridized carbons (Fsp3) is 0.143. The van der Waals surface area contributed by atoms with E-state index in [-0.39, 0.29) is 0 Å². The smallest absolute Gasteiger partial charge is 0.124 e.